The van der Waals surface area contributed by atoms with Gasteiger partial charge >= 0.3 is 5.97 Å². The van der Waals surface area contributed by atoms with Gasteiger partial charge in [-0.05, 0) is 57.8 Å². The minimum absolute atomic E-state index is 0.0765. The average molecular weight is 699 g/mol. The fraction of sp³-hybridized carbons (Fsp3) is 0.903. The molecular weight excluding hydrogens is 649 g/mol. The van der Waals surface area contributed by atoms with E-state index in [1.165, 1.54) is 7.11 Å². The van der Waals surface area contributed by atoms with Crippen molar-refractivity contribution < 1.29 is 42.0 Å². The van der Waals surface area contributed by atoms with Crippen molar-refractivity contribution in [2.45, 2.75) is 144 Å². The van der Waals surface area contributed by atoms with E-state index >= 15 is 8.78 Å². The second-order valence-electron chi connectivity index (χ2n) is 11.9. The van der Waals surface area contributed by atoms with Crippen LogP contribution < -0.4 is 0 Å². The minimum atomic E-state index is -1.20. The highest BCUT2D eigenvalue weighted by Gasteiger charge is 2.57. The smallest absolute Gasteiger partial charge is 0.305 e. The predicted molar refractivity (Wildman–Crippen MR) is 159 cm³/mol. The number of esters is 1. The number of methoxy groups -OCH3 is 1. The molecule has 1 saturated carbocycles. The number of carbonyl (C=O) groups excluding carboxylic acids is 1. The first kappa shape index (κ1) is 33.5. The van der Waals surface area contributed by atoms with Crippen molar-refractivity contribution in [3.05, 3.63) is 12.2 Å². The minimum Gasteiger partial charge on any atom is -0.469 e. The Morgan fingerprint density at radius 3 is 2.46 bits per heavy atom. The van der Waals surface area contributed by atoms with Crippen LogP contribution in [0.5, 0.6) is 0 Å². The molecule has 4 rings (SSSR count). The van der Waals surface area contributed by atoms with Crippen LogP contribution in [-0.4, -0.2) is 79.6 Å². The summed E-state index contributed by atoms with van der Waals surface area (Å²) >= 11 is 2.25. The molecule has 4 fully saturated rings. The number of hydrogen-bond donors (Lipinski definition) is 0. The summed E-state index contributed by atoms with van der Waals surface area (Å²) in [6.45, 7) is 3.33. The topological polar surface area (TPSA) is 72.5 Å². The van der Waals surface area contributed by atoms with Crippen LogP contribution in [0.3, 0.4) is 0 Å². The number of carbonyl (C=O) groups is 1. The van der Waals surface area contributed by atoms with Crippen molar-refractivity contribution in [2.24, 2.45) is 11.8 Å². The summed E-state index contributed by atoms with van der Waals surface area (Å²) in [6, 6.07) is 0. The SMILES string of the molecule is CCCCC(F)[C@@H](C=C[C@@H]1[C@H]2[C@H](F)[C@H](C(I)CCCC(=O)OC)O[C@@H]2C[C@H]1OC1CCCCO1)OC1CCCCO1. The molecule has 3 aliphatic heterocycles. The third-order valence-corrected chi connectivity index (χ3v) is 10.2. The Morgan fingerprint density at radius 2 is 1.80 bits per heavy atom. The molecule has 41 heavy (non-hydrogen) atoms. The number of hydrogen-bond acceptors (Lipinski definition) is 7. The molecule has 10 heteroatoms. The van der Waals surface area contributed by atoms with Gasteiger partial charge in [0, 0.05) is 41.8 Å². The third-order valence-electron chi connectivity index (χ3n) is 8.85. The van der Waals surface area contributed by atoms with Crippen LogP contribution in [0.25, 0.3) is 0 Å². The summed E-state index contributed by atoms with van der Waals surface area (Å²) in [5.74, 6) is -0.950. The number of fused-ring (bicyclic) bond motifs is 1. The van der Waals surface area contributed by atoms with Gasteiger partial charge in [-0.2, -0.15) is 0 Å². The number of ether oxygens (including phenoxy) is 6. The average Bonchev–Trinajstić information content (AvgIpc) is 3.49. The molecule has 7 nitrogen and oxygen atoms in total. The largest absolute Gasteiger partial charge is 0.469 e. The number of alkyl halides is 3. The zero-order chi connectivity index (χ0) is 29.2. The molecule has 0 bridgehead atoms. The molecule has 3 saturated heterocycles. The third kappa shape index (κ3) is 9.54. The standard InChI is InChI=1S/C31H49F2IO7/c1-3-4-10-21(32)23(39-27-13-5-7-17-37-27)16-15-20-24(40-28-14-6-8-18-38-28)19-25-29(20)30(33)31(41-25)22(34)11-9-12-26(35)36-2/h15-16,20-25,27-31H,3-14,17-19H2,1-2H3/t20-,21?,22?,23+,24+,25+,27?,28?,29+,30-,31-/m0/s1. The van der Waals surface area contributed by atoms with E-state index in [9.17, 15) is 4.79 Å². The van der Waals surface area contributed by atoms with Gasteiger partial charge in [0.25, 0.3) is 0 Å². The fourth-order valence-corrected chi connectivity index (χ4v) is 7.56. The van der Waals surface area contributed by atoms with Crippen LogP contribution in [0.4, 0.5) is 8.78 Å². The Bertz CT molecular complexity index is 807. The summed E-state index contributed by atoms with van der Waals surface area (Å²) in [4.78, 5) is 11.5. The number of halogens is 3. The van der Waals surface area contributed by atoms with Gasteiger partial charge in [-0.15, -0.1) is 0 Å². The van der Waals surface area contributed by atoms with Crippen molar-refractivity contribution in [1.82, 2.24) is 0 Å². The molecule has 0 amide bonds. The molecule has 1 aliphatic carbocycles. The van der Waals surface area contributed by atoms with Crippen molar-refractivity contribution in [3.63, 3.8) is 0 Å². The fourth-order valence-electron chi connectivity index (χ4n) is 6.55. The normalized spacial score (nSPS) is 36.2. The van der Waals surface area contributed by atoms with E-state index in [0.717, 1.165) is 51.4 Å². The van der Waals surface area contributed by atoms with E-state index < -0.39 is 36.8 Å². The second-order valence-corrected chi connectivity index (χ2v) is 13.5. The monoisotopic (exact) mass is 698 g/mol. The molecular formula is C31H49F2IO7. The Labute approximate surface area is 257 Å². The van der Waals surface area contributed by atoms with Crippen LogP contribution in [0, 0.1) is 11.8 Å². The summed E-state index contributed by atoms with van der Waals surface area (Å²) in [7, 11) is 1.37. The highest BCUT2D eigenvalue weighted by atomic mass is 127. The maximum Gasteiger partial charge on any atom is 0.305 e. The van der Waals surface area contributed by atoms with Crippen molar-refractivity contribution >= 4 is 28.6 Å². The summed E-state index contributed by atoms with van der Waals surface area (Å²) in [5.41, 5.74) is 0. The zero-order valence-corrected chi connectivity index (χ0v) is 26.8. The molecule has 0 spiro atoms. The number of unbranched alkanes of at least 4 members (excludes halogenated alkanes) is 1. The maximum absolute atomic E-state index is 16.2. The van der Waals surface area contributed by atoms with E-state index in [1.807, 2.05) is 13.0 Å². The van der Waals surface area contributed by atoms with Gasteiger partial charge in [-0.1, -0.05) is 54.5 Å². The molecule has 0 aromatic carbocycles. The first-order chi connectivity index (χ1) is 19.9. The second kappa shape index (κ2) is 17.2. The van der Waals surface area contributed by atoms with Crippen LogP contribution in [-0.2, 0) is 33.2 Å². The van der Waals surface area contributed by atoms with Crippen LogP contribution in [0.2, 0.25) is 0 Å². The summed E-state index contributed by atoms with van der Waals surface area (Å²) in [6.07, 6.45) is 8.56. The molecule has 0 aromatic rings. The first-order valence-corrected chi connectivity index (χ1v) is 17.0. The molecule has 236 valence electrons. The summed E-state index contributed by atoms with van der Waals surface area (Å²) in [5, 5.41) is 0. The summed E-state index contributed by atoms with van der Waals surface area (Å²) < 4.78 is 66.9. The Morgan fingerprint density at radius 1 is 1.07 bits per heavy atom. The molecule has 0 N–H and O–H groups in total. The Balaban J connectivity index is 1.48. The highest BCUT2D eigenvalue weighted by molar-refractivity contribution is 14.1. The zero-order valence-electron chi connectivity index (χ0n) is 24.6. The lowest BCUT2D eigenvalue weighted by Crippen LogP contribution is -2.37. The van der Waals surface area contributed by atoms with E-state index in [-0.39, 0.29) is 34.3 Å². The lowest BCUT2D eigenvalue weighted by Gasteiger charge is -2.31. The van der Waals surface area contributed by atoms with Gasteiger partial charge < -0.3 is 28.4 Å². The van der Waals surface area contributed by atoms with Crippen LogP contribution >= 0.6 is 22.6 Å². The van der Waals surface area contributed by atoms with E-state index in [1.54, 1.807) is 6.08 Å². The van der Waals surface area contributed by atoms with Crippen molar-refractivity contribution in [1.29, 1.82) is 0 Å². The Kier molecular flexibility index (Phi) is 14.0. The quantitative estimate of drug-likeness (QED) is 0.0809. The predicted octanol–water partition coefficient (Wildman–Crippen LogP) is 6.78. The lowest BCUT2D eigenvalue weighted by molar-refractivity contribution is -0.195. The van der Waals surface area contributed by atoms with E-state index in [2.05, 4.69) is 22.6 Å². The molecule has 0 aromatic heterocycles. The molecule has 4 aliphatic rings. The molecule has 4 unspecified atom stereocenters. The first-order valence-electron chi connectivity index (χ1n) is 15.8. The highest BCUT2D eigenvalue weighted by Crippen LogP contribution is 2.49. The van der Waals surface area contributed by atoms with Crippen molar-refractivity contribution in [2.75, 3.05) is 20.3 Å². The van der Waals surface area contributed by atoms with Crippen LogP contribution in [0.15, 0.2) is 12.2 Å². The van der Waals surface area contributed by atoms with Crippen molar-refractivity contribution in [3.8, 4) is 0 Å². The van der Waals surface area contributed by atoms with Gasteiger partial charge in [-0.3, -0.25) is 4.79 Å². The maximum atomic E-state index is 16.2. The number of rotatable bonds is 15. The van der Waals surface area contributed by atoms with Gasteiger partial charge in [0.2, 0.25) is 0 Å². The van der Waals surface area contributed by atoms with Gasteiger partial charge in [0.1, 0.15) is 24.6 Å². The molecule has 11 atom stereocenters. The van der Waals surface area contributed by atoms with Gasteiger partial charge in [-0.25, -0.2) is 8.78 Å². The molecule has 0 radical (unpaired) electrons. The van der Waals surface area contributed by atoms with E-state index in [4.69, 9.17) is 28.4 Å². The van der Waals surface area contributed by atoms with E-state index in [0.29, 0.717) is 45.3 Å². The lowest BCUT2D eigenvalue weighted by atomic mass is 9.87. The Hall–Kier alpha value is -0.400. The van der Waals surface area contributed by atoms with Gasteiger partial charge in [0.05, 0.1) is 19.3 Å². The van der Waals surface area contributed by atoms with Crippen LogP contribution in [0.1, 0.15) is 90.4 Å². The molecule has 3 heterocycles. The van der Waals surface area contributed by atoms with Gasteiger partial charge in [0.15, 0.2) is 12.6 Å².